The molecule has 0 spiro atoms. The third-order valence-corrected chi connectivity index (χ3v) is 1.91. The molecular weight excluding hydrogens is 211 g/mol. The summed E-state index contributed by atoms with van der Waals surface area (Å²) in [6, 6.07) is 1.40. The number of carbonyl (C=O) groups excluding carboxylic acids is 1. The van der Waals surface area contributed by atoms with Gasteiger partial charge in [-0.05, 0) is 18.6 Å². The van der Waals surface area contributed by atoms with Crippen LogP contribution in [0.25, 0.3) is 0 Å². The second kappa shape index (κ2) is 4.37. The lowest BCUT2D eigenvalue weighted by Gasteiger charge is -2.04. The van der Waals surface area contributed by atoms with Gasteiger partial charge in [0, 0.05) is 12.1 Å². The zero-order valence-corrected chi connectivity index (χ0v) is 8.02. The van der Waals surface area contributed by atoms with Gasteiger partial charge in [0.15, 0.2) is 0 Å². The average molecular weight is 221 g/mol. The number of nitrogens with one attached hydrogen (secondary N) is 1. The van der Waals surface area contributed by atoms with Crippen molar-refractivity contribution in [2.24, 2.45) is 0 Å². The van der Waals surface area contributed by atoms with Crippen molar-refractivity contribution in [3.8, 4) is 0 Å². The van der Waals surface area contributed by atoms with Crippen molar-refractivity contribution in [1.29, 1.82) is 0 Å². The topological polar surface area (TPSA) is 42.1 Å². The highest BCUT2D eigenvalue weighted by molar-refractivity contribution is 5.37. The van der Waals surface area contributed by atoms with Crippen LogP contribution in [-0.4, -0.2) is 18.1 Å². The van der Waals surface area contributed by atoms with Gasteiger partial charge in [-0.15, -0.1) is 0 Å². The molecule has 0 bridgehead atoms. The third kappa shape index (κ3) is 3.00. The molecule has 0 saturated heterocycles. The summed E-state index contributed by atoms with van der Waals surface area (Å²) >= 11 is 0. The lowest BCUT2D eigenvalue weighted by molar-refractivity contribution is -0.141. The number of aryl methyl sites for hydroxylation is 1. The highest BCUT2D eigenvalue weighted by Crippen LogP contribution is 2.31. The van der Waals surface area contributed by atoms with Gasteiger partial charge in [0.25, 0.3) is 6.47 Å². The Morgan fingerprint density at radius 1 is 1.53 bits per heavy atom. The lowest BCUT2D eigenvalue weighted by Crippen LogP contribution is -2.07. The van der Waals surface area contributed by atoms with Crippen molar-refractivity contribution in [2.45, 2.75) is 19.5 Å². The van der Waals surface area contributed by atoms with Crippen LogP contribution in [-0.2, 0) is 22.1 Å². The van der Waals surface area contributed by atoms with Crippen molar-refractivity contribution >= 4 is 6.47 Å². The standard InChI is InChI=1S/C9H10F3NO2/c1-6-4-7(2-3-15-5-14)13-8(6)9(10,11)12/h4-5,13H,2-3H2,1H3. The fourth-order valence-electron chi connectivity index (χ4n) is 1.27. The summed E-state index contributed by atoms with van der Waals surface area (Å²) in [5.41, 5.74) is -0.200. The summed E-state index contributed by atoms with van der Waals surface area (Å²) in [5, 5.41) is 0. The van der Waals surface area contributed by atoms with E-state index in [9.17, 15) is 18.0 Å². The summed E-state index contributed by atoms with van der Waals surface area (Å²) < 4.78 is 41.4. The first-order valence-corrected chi connectivity index (χ1v) is 4.26. The number of aromatic amines is 1. The Balaban J connectivity index is 2.73. The van der Waals surface area contributed by atoms with Crippen molar-refractivity contribution in [3.63, 3.8) is 0 Å². The summed E-state index contributed by atoms with van der Waals surface area (Å²) in [6.07, 6.45) is -4.12. The van der Waals surface area contributed by atoms with Crippen molar-refractivity contribution < 1.29 is 22.7 Å². The molecule has 0 saturated carbocycles. The van der Waals surface area contributed by atoms with Gasteiger partial charge in [0.2, 0.25) is 0 Å². The Bertz CT molecular complexity index is 344. The van der Waals surface area contributed by atoms with Crippen LogP contribution in [0.3, 0.4) is 0 Å². The minimum absolute atomic E-state index is 0.0702. The van der Waals surface area contributed by atoms with E-state index in [0.717, 1.165) is 0 Å². The molecule has 0 radical (unpaired) electrons. The molecule has 1 aromatic heterocycles. The molecule has 15 heavy (non-hydrogen) atoms. The monoisotopic (exact) mass is 221 g/mol. The molecule has 0 fully saturated rings. The Morgan fingerprint density at radius 3 is 2.67 bits per heavy atom. The second-order valence-electron chi connectivity index (χ2n) is 3.07. The molecule has 1 N–H and O–H groups in total. The molecule has 6 heteroatoms. The van der Waals surface area contributed by atoms with E-state index in [1.54, 1.807) is 0 Å². The summed E-state index contributed by atoms with van der Waals surface area (Å²) in [7, 11) is 0. The van der Waals surface area contributed by atoms with Gasteiger partial charge < -0.3 is 9.72 Å². The number of alkyl halides is 3. The van der Waals surface area contributed by atoms with Gasteiger partial charge in [-0.25, -0.2) is 0 Å². The van der Waals surface area contributed by atoms with E-state index in [2.05, 4.69) is 9.72 Å². The molecule has 0 aromatic carbocycles. The molecule has 1 rings (SSSR count). The minimum atomic E-state index is -4.37. The van der Waals surface area contributed by atoms with Gasteiger partial charge in [-0.2, -0.15) is 13.2 Å². The molecule has 0 aliphatic heterocycles. The normalized spacial score (nSPS) is 11.5. The Labute approximate surface area is 84.2 Å². The molecule has 0 unspecified atom stereocenters. The van der Waals surface area contributed by atoms with Crippen LogP contribution in [0.15, 0.2) is 6.07 Å². The van der Waals surface area contributed by atoms with Crippen LogP contribution in [0.2, 0.25) is 0 Å². The predicted octanol–water partition coefficient (Wildman–Crippen LogP) is 2.06. The summed E-state index contributed by atoms with van der Waals surface area (Å²) in [4.78, 5) is 12.1. The zero-order chi connectivity index (χ0) is 11.5. The van der Waals surface area contributed by atoms with Crippen molar-refractivity contribution in [3.05, 3.63) is 23.0 Å². The van der Waals surface area contributed by atoms with E-state index in [1.165, 1.54) is 13.0 Å². The average Bonchev–Trinajstić information content (AvgIpc) is 2.47. The molecular formula is C9H10F3NO2. The third-order valence-electron chi connectivity index (χ3n) is 1.91. The first-order valence-electron chi connectivity index (χ1n) is 4.26. The molecule has 0 amide bonds. The fraction of sp³-hybridized carbons (Fsp3) is 0.444. The van der Waals surface area contributed by atoms with Crippen molar-refractivity contribution in [1.82, 2.24) is 4.98 Å². The molecule has 0 aliphatic rings. The van der Waals surface area contributed by atoms with Crippen LogP contribution in [0.4, 0.5) is 13.2 Å². The SMILES string of the molecule is Cc1cc(CCOC=O)[nH]c1C(F)(F)F. The number of carbonyl (C=O) groups is 1. The van der Waals surface area contributed by atoms with E-state index in [4.69, 9.17) is 0 Å². The Kier molecular flexibility index (Phi) is 3.39. The fourth-order valence-corrected chi connectivity index (χ4v) is 1.27. The van der Waals surface area contributed by atoms with E-state index >= 15 is 0 Å². The number of halogens is 3. The van der Waals surface area contributed by atoms with E-state index < -0.39 is 11.9 Å². The summed E-state index contributed by atoms with van der Waals surface area (Å²) in [6.45, 7) is 1.71. The molecule has 1 aromatic rings. The molecule has 3 nitrogen and oxygen atoms in total. The van der Waals surface area contributed by atoms with Gasteiger partial charge in [0.05, 0.1) is 6.61 Å². The Hall–Kier alpha value is -1.46. The smallest absolute Gasteiger partial charge is 0.431 e. The van der Waals surface area contributed by atoms with Crippen LogP contribution in [0, 0.1) is 6.92 Å². The van der Waals surface area contributed by atoms with Crippen molar-refractivity contribution in [2.75, 3.05) is 6.61 Å². The molecule has 84 valence electrons. The van der Waals surface area contributed by atoms with Crippen LogP contribution in [0.1, 0.15) is 17.0 Å². The van der Waals surface area contributed by atoms with E-state index in [0.29, 0.717) is 5.69 Å². The van der Waals surface area contributed by atoms with Crippen LogP contribution in [0.5, 0.6) is 0 Å². The first kappa shape index (κ1) is 11.6. The molecule has 1 heterocycles. The highest BCUT2D eigenvalue weighted by Gasteiger charge is 2.34. The van der Waals surface area contributed by atoms with Crippen LogP contribution < -0.4 is 0 Å². The van der Waals surface area contributed by atoms with Crippen LogP contribution >= 0.6 is 0 Å². The van der Waals surface area contributed by atoms with Gasteiger partial charge in [-0.3, -0.25) is 4.79 Å². The largest absolute Gasteiger partial charge is 0.467 e. The molecule has 0 aliphatic carbocycles. The minimum Gasteiger partial charge on any atom is -0.467 e. The lowest BCUT2D eigenvalue weighted by atomic mass is 10.2. The predicted molar refractivity (Wildman–Crippen MR) is 46.3 cm³/mol. The highest BCUT2D eigenvalue weighted by atomic mass is 19.4. The number of hydrogen-bond acceptors (Lipinski definition) is 2. The maximum Gasteiger partial charge on any atom is 0.431 e. The molecule has 0 atom stereocenters. The Morgan fingerprint density at radius 2 is 2.20 bits per heavy atom. The number of ether oxygens (including phenoxy) is 1. The van der Waals surface area contributed by atoms with E-state index in [-0.39, 0.29) is 25.1 Å². The number of H-pyrrole nitrogens is 1. The van der Waals surface area contributed by atoms with Gasteiger partial charge >= 0.3 is 6.18 Å². The van der Waals surface area contributed by atoms with Gasteiger partial charge in [-0.1, -0.05) is 0 Å². The maximum absolute atomic E-state index is 12.3. The number of hydrogen-bond donors (Lipinski definition) is 1. The number of rotatable bonds is 4. The first-order chi connectivity index (χ1) is 6.95. The second-order valence-corrected chi connectivity index (χ2v) is 3.07. The zero-order valence-electron chi connectivity index (χ0n) is 8.02. The van der Waals surface area contributed by atoms with Gasteiger partial charge in [0.1, 0.15) is 5.69 Å². The quantitative estimate of drug-likeness (QED) is 0.624. The maximum atomic E-state index is 12.3. The number of aromatic nitrogens is 1. The summed E-state index contributed by atoms with van der Waals surface area (Å²) in [5.74, 6) is 0. The van der Waals surface area contributed by atoms with E-state index in [1.807, 2.05) is 0 Å².